The molecule has 0 unspecified atom stereocenters. The fourth-order valence-electron chi connectivity index (χ4n) is 3.48. The van der Waals surface area contributed by atoms with Crippen molar-refractivity contribution >= 4 is 0 Å². The fraction of sp³-hybridized carbons (Fsp3) is 0.0952. The molecule has 5 rings (SSSR count). The van der Waals surface area contributed by atoms with Crippen LogP contribution in [0.1, 0.15) is 11.1 Å². The molecule has 0 amide bonds. The van der Waals surface area contributed by atoms with Gasteiger partial charge in [-0.15, -0.1) is 0 Å². The molecule has 0 bridgehead atoms. The van der Waals surface area contributed by atoms with Crippen molar-refractivity contribution in [3.8, 4) is 39.7 Å². The second kappa shape index (κ2) is 5.81. The van der Waals surface area contributed by atoms with Crippen molar-refractivity contribution < 1.29 is 9.63 Å². The Balaban J connectivity index is 1.61. The number of aromatic hydroxyl groups is 1. The maximum atomic E-state index is 9.70. The molecule has 0 saturated heterocycles. The summed E-state index contributed by atoms with van der Waals surface area (Å²) in [7, 11) is 0. The van der Waals surface area contributed by atoms with Crippen molar-refractivity contribution in [3.63, 3.8) is 0 Å². The molecule has 0 aliphatic heterocycles. The Bertz CT molecular complexity index is 1100. The van der Waals surface area contributed by atoms with Gasteiger partial charge < -0.3 is 9.63 Å². The van der Waals surface area contributed by atoms with Gasteiger partial charge >= 0.3 is 0 Å². The summed E-state index contributed by atoms with van der Waals surface area (Å²) in [6, 6.07) is 17.3. The Labute approximate surface area is 150 Å². The van der Waals surface area contributed by atoms with Crippen LogP contribution in [0.3, 0.4) is 0 Å². The number of nitrogens with zero attached hydrogens (tertiary/aromatic N) is 3. The van der Waals surface area contributed by atoms with E-state index in [4.69, 9.17) is 4.52 Å². The van der Waals surface area contributed by atoms with E-state index < -0.39 is 0 Å². The smallest absolute Gasteiger partial charge is 0.189 e. The summed E-state index contributed by atoms with van der Waals surface area (Å²) in [5.41, 5.74) is 6.60. The van der Waals surface area contributed by atoms with Crippen LogP contribution in [0.5, 0.6) is 5.75 Å². The highest BCUT2D eigenvalue weighted by Gasteiger charge is 2.25. The van der Waals surface area contributed by atoms with E-state index in [-0.39, 0.29) is 5.75 Å². The lowest BCUT2D eigenvalue weighted by molar-refractivity contribution is 0.433. The predicted molar refractivity (Wildman–Crippen MR) is 97.5 cm³/mol. The second-order valence-electron chi connectivity index (χ2n) is 6.33. The quantitative estimate of drug-likeness (QED) is 0.589. The molecule has 1 aliphatic carbocycles. The first-order valence-electron chi connectivity index (χ1n) is 8.48. The highest BCUT2D eigenvalue weighted by atomic mass is 16.5. The third kappa shape index (κ3) is 2.37. The van der Waals surface area contributed by atoms with Crippen LogP contribution in [0, 0.1) is 0 Å². The fourth-order valence-corrected chi connectivity index (χ4v) is 3.48. The van der Waals surface area contributed by atoms with Crippen LogP contribution < -0.4 is 0 Å². The van der Waals surface area contributed by atoms with E-state index in [0.717, 1.165) is 52.2 Å². The molecular formula is C21H15N3O2. The van der Waals surface area contributed by atoms with Gasteiger partial charge in [-0.05, 0) is 42.7 Å². The van der Waals surface area contributed by atoms with Crippen LogP contribution in [-0.2, 0) is 12.8 Å². The minimum atomic E-state index is 0.277. The van der Waals surface area contributed by atoms with Crippen LogP contribution in [0.4, 0.5) is 0 Å². The zero-order valence-electron chi connectivity index (χ0n) is 13.9. The maximum Gasteiger partial charge on any atom is 0.189 e. The summed E-state index contributed by atoms with van der Waals surface area (Å²) >= 11 is 0. The highest BCUT2D eigenvalue weighted by Crippen LogP contribution is 2.39. The lowest BCUT2D eigenvalue weighted by atomic mass is 9.88. The van der Waals surface area contributed by atoms with Gasteiger partial charge in [0.15, 0.2) is 5.76 Å². The molecule has 4 aromatic rings. The van der Waals surface area contributed by atoms with Crippen molar-refractivity contribution in [2.24, 2.45) is 0 Å². The molecule has 2 heterocycles. The van der Waals surface area contributed by atoms with Crippen molar-refractivity contribution in [2.75, 3.05) is 0 Å². The van der Waals surface area contributed by atoms with Gasteiger partial charge in [-0.2, -0.15) is 0 Å². The first-order chi connectivity index (χ1) is 12.8. The highest BCUT2D eigenvalue weighted by molar-refractivity contribution is 5.77. The molecule has 0 saturated carbocycles. The van der Waals surface area contributed by atoms with Gasteiger partial charge in [0.25, 0.3) is 0 Å². The summed E-state index contributed by atoms with van der Waals surface area (Å²) in [5.74, 6) is 0.970. The lowest BCUT2D eigenvalue weighted by Gasteiger charge is -2.15. The van der Waals surface area contributed by atoms with Crippen LogP contribution in [0.15, 0.2) is 65.4 Å². The number of rotatable bonds is 2. The van der Waals surface area contributed by atoms with E-state index >= 15 is 0 Å². The molecule has 2 aromatic carbocycles. The number of aromatic nitrogens is 3. The molecular weight excluding hydrogens is 326 g/mol. The average Bonchev–Trinajstić information content (AvgIpc) is 3.13. The van der Waals surface area contributed by atoms with Gasteiger partial charge in [0.1, 0.15) is 23.5 Å². The number of phenols is 1. The van der Waals surface area contributed by atoms with Crippen molar-refractivity contribution in [1.29, 1.82) is 0 Å². The molecule has 1 N–H and O–H groups in total. The van der Waals surface area contributed by atoms with E-state index in [2.05, 4.69) is 15.1 Å². The molecule has 5 heteroatoms. The average molecular weight is 341 g/mol. The minimum absolute atomic E-state index is 0.277. The number of benzene rings is 2. The van der Waals surface area contributed by atoms with E-state index in [9.17, 15) is 5.11 Å². The zero-order valence-corrected chi connectivity index (χ0v) is 13.9. The number of aryl methyl sites for hydroxylation is 1. The molecule has 26 heavy (non-hydrogen) atoms. The van der Waals surface area contributed by atoms with Crippen molar-refractivity contribution in [1.82, 2.24) is 15.1 Å². The normalized spacial score (nSPS) is 12.5. The monoisotopic (exact) mass is 341 g/mol. The van der Waals surface area contributed by atoms with E-state index in [1.165, 1.54) is 0 Å². The molecule has 5 nitrogen and oxygen atoms in total. The largest absolute Gasteiger partial charge is 0.508 e. The van der Waals surface area contributed by atoms with Crippen LogP contribution in [0.2, 0.25) is 0 Å². The van der Waals surface area contributed by atoms with E-state index in [1.54, 1.807) is 18.5 Å². The first kappa shape index (κ1) is 14.8. The molecule has 0 spiro atoms. The third-order valence-electron chi connectivity index (χ3n) is 4.75. The maximum absolute atomic E-state index is 9.70. The summed E-state index contributed by atoms with van der Waals surface area (Å²) in [5, 5.41) is 14.0. The Morgan fingerprint density at radius 3 is 2.62 bits per heavy atom. The summed E-state index contributed by atoms with van der Waals surface area (Å²) in [6.07, 6.45) is 3.19. The number of hydrogen-bond donors (Lipinski definition) is 1. The van der Waals surface area contributed by atoms with Crippen molar-refractivity contribution in [3.05, 3.63) is 72.1 Å². The van der Waals surface area contributed by atoms with Gasteiger partial charge in [-0.3, -0.25) is 0 Å². The lowest BCUT2D eigenvalue weighted by Crippen LogP contribution is -2.03. The van der Waals surface area contributed by atoms with Crippen LogP contribution in [-0.4, -0.2) is 20.2 Å². The van der Waals surface area contributed by atoms with E-state index in [1.807, 2.05) is 42.5 Å². The number of hydrogen-bond acceptors (Lipinski definition) is 5. The zero-order chi connectivity index (χ0) is 17.5. The van der Waals surface area contributed by atoms with Gasteiger partial charge in [-0.25, -0.2) is 9.97 Å². The number of phenolic OH excluding ortho intramolecular Hbond substituents is 1. The van der Waals surface area contributed by atoms with Gasteiger partial charge in [0.05, 0.1) is 5.69 Å². The van der Waals surface area contributed by atoms with Crippen LogP contribution >= 0.6 is 0 Å². The van der Waals surface area contributed by atoms with Gasteiger partial charge in [-0.1, -0.05) is 35.5 Å². The minimum Gasteiger partial charge on any atom is -0.508 e. The SMILES string of the molecule is Oc1ccc2c(c1)CCc1c-2noc1-c1cc(-c2ccccc2)ncn1. The Morgan fingerprint density at radius 1 is 0.885 bits per heavy atom. The predicted octanol–water partition coefficient (Wildman–Crippen LogP) is 4.27. The van der Waals surface area contributed by atoms with Crippen LogP contribution in [0.25, 0.3) is 34.0 Å². The first-order valence-corrected chi connectivity index (χ1v) is 8.48. The van der Waals surface area contributed by atoms with Gasteiger partial charge in [0, 0.05) is 16.7 Å². The van der Waals surface area contributed by atoms with Crippen molar-refractivity contribution in [2.45, 2.75) is 12.8 Å². The van der Waals surface area contributed by atoms with Gasteiger partial charge in [0.2, 0.25) is 0 Å². The molecule has 0 fully saturated rings. The van der Waals surface area contributed by atoms with E-state index in [0.29, 0.717) is 5.76 Å². The summed E-state index contributed by atoms with van der Waals surface area (Å²) in [4.78, 5) is 8.78. The summed E-state index contributed by atoms with van der Waals surface area (Å²) in [6.45, 7) is 0. The molecule has 1 aliphatic rings. The molecule has 2 aromatic heterocycles. The topological polar surface area (TPSA) is 72.0 Å². The number of fused-ring (bicyclic) bond motifs is 3. The summed E-state index contributed by atoms with van der Waals surface area (Å²) < 4.78 is 5.68. The third-order valence-corrected chi connectivity index (χ3v) is 4.75. The second-order valence-corrected chi connectivity index (χ2v) is 6.33. The molecule has 0 atom stereocenters. The standard InChI is InChI=1S/C21H15N3O2/c25-15-7-9-16-14(10-15)6-8-17-20(16)24-26-21(17)19-11-18(22-12-23-19)13-4-2-1-3-5-13/h1-5,7,9-12,25H,6,8H2. The molecule has 126 valence electrons. The Hall–Kier alpha value is -3.47. The Kier molecular flexibility index (Phi) is 3.31. The molecule has 0 radical (unpaired) electrons. The Morgan fingerprint density at radius 2 is 1.73 bits per heavy atom.